The minimum Gasteiger partial charge on any atom is -0.322 e. The van der Waals surface area contributed by atoms with E-state index in [9.17, 15) is 9.59 Å². The average Bonchev–Trinajstić information content (AvgIpc) is 2.83. The molecule has 0 radical (unpaired) electrons. The van der Waals surface area contributed by atoms with Gasteiger partial charge in [0.1, 0.15) is 0 Å². The summed E-state index contributed by atoms with van der Waals surface area (Å²) < 4.78 is 1.66. The number of nitrogens with zero attached hydrogens (tertiary/aromatic N) is 2. The summed E-state index contributed by atoms with van der Waals surface area (Å²) in [5.41, 5.74) is 1.85. The third-order valence-corrected chi connectivity index (χ3v) is 2.72. The van der Waals surface area contributed by atoms with Gasteiger partial charge in [0.25, 0.3) is 0 Å². The number of benzene rings is 1. The van der Waals surface area contributed by atoms with Crippen molar-refractivity contribution in [1.82, 2.24) is 9.78 Å². The molecule has 0 unspecified atom stereocenters. The highest BCUT2D eigenvalue weighted by molar-refractivity contribution is 6.07. The summed E-state index contributed by atoms with van der Waals surface area (Å²) in [6, 6.07) is 6.92. The predicted octanol–water partition coefficient (Wildman–Crippen LogP) is 2.27. The standard InChI is InChI=1S/C15H15N3O2/c1-11(19)13-5-3-4-6-14(13)17-15(20)8-7-12-9-16-18(2)10-12/h3-10H,1-2H3,(H,17,20)/b8-7+. The van der Waals surface area contributed by atoms with Crippen molar-refractivity contribution in [2.45, 2.75) is 6.92 Å². The number of carbonyl (C=O) groups is 2. The summed E-state index contributed by atoms with van der Waals surface area (Å²) in [5.74, 6) is -0.375. The Balaban J connectivity index is 2.09. The van der Waals surface area contributed by atoms with Crippen molar-refractivity contribution in [3.8, 4) is 0 Å². The second kappa shape index (κ2) is 5.97. The van der Waals surface area contributed by atoms with E-state index in [1.165, 1.54) is 13.0 Å². The van der Waals surface area contributed by atoms with Gasteiger partial charge in [0.2, 0.25) is 5.91 Å². The van der Waals surface area contributed by atoms with Crippen LogP contribution in [0.1, 0.15) is 22.8 Å². The number of aryl methyl sites for hydroxylation is 1. The Labute approximate surface area is 116 Å². The number of nitrogens with one attached hydrogen (secondary N) is 1. The van der Waals surface area contributed by atoms with Gasteiger partial charge in [-0.1, -0.05) is 12.1 Å². The molecule has 1 aromatic heterocycles. The zero-order valence-corrected chi connectivity index (χ0v) is 11.3. The van der Waals surface area contributed by atoms with Crippen molar-refractivity contribution >= 4 is 23.5 Å². The second-order valence-corrected chi connectivity index (χ2v) is 4.37. The summed E-state index contributed by atoms with van der Waals surface area (Å²) in [6.07, 6.45) is 6.53. The maximum absolute atomic E-state index is 11.8. The third kappa shape index (κ3) is 3.41. The number of aromatic nitrogens is 2. The molecule has 0 aliphatic heterocycles. The summed E-state index contributed by atoms with van der Waals surface area (Å²) in [5, 5.41) is 6.70. The Hall–Kier alpha value is -2.69. The first-order valence-electron chi connectivity index (χ1n) is 6.14. The largest absolute Gasteiger partial charge is 0.322 e. The lowest BCUT2D eigenvalue weighted by atomic mass is 10.1. The number of para-hydroxylation sites is 1. The fraction of sp³-hybridized carbons (Fsp3) is 0.133. The molecular weight excluding hydrogens is 254 g/mol. The maximum atomic E-state index is 11.8. The Kier molecular flexibility index (Phi) is 4.10. The van der Waals surface area contributed by atoms with Crippen molar-refractivity contribution in [1.29, 1.82) is 0 Å². The zero-order chi connectivity index (χ0) is 14.5. The number of hydrogen-bond acceptors (Lipinski definition) is 3. The van der Waals surface area contributed by atoms with Gasteiger partial charge in [-0.05, 0) is 25.1 Å². The summed E-state index contributed by atoms with van der Waals surface area (Å²) in [7, 11) is 1.81. The molecule has 0 spiro atoms. The van der Waals surface area contributed by atoms with E-state index in [0.29, 0.717) is 11.3 Å². The highest BCUT2D eigenvalue weighted by Gasteiger charge is 2.07. The van der Waals surface area contributed by atoms with Crippen LogP contribution in [0.25, 0.3) is 6.08 Å². The molecule has 0 saturated carbocycles. The quantitative estimate of drug-likeness (QED) is 0.684. The Morgan fingerprint density at radius 3 is 2.70 bits per heavy atom. The molecule has 1 N–H and O–H groups in total. The van der Waals surface area contributed by atoms with E-state index in [2.05, 4.69) is 10.4 Å². The van der Waals surface area contributed by atoms with E-state index in [0.717, 1.165) is 5.56 Å². The lowest BCUT2D eigenvalue weighted by Crippen LogP contribution is -2.11. The third-order valence-electron chi connectivity index (χ3n) is 2.72. The smallest absolute Gasteiger partial charge is 0.248 e. The molecule has 0 fully saturated rings. The van der Waals surface area contributed by atoms with Crippen LogP contribution in [0.15, 0.2) is 42.7 Å². The molecule has 5 heteroatoms. The van der Waals surface area contributed by atoms with Crippen molar-refractivity contribution in [3.05, 3.63) is 53.9 Å². The van der Waals surface area contributed by atoms with E-state index in [-0.39, 0.29) is 11.7 Å². The van der Waals surface area contributed by atoms with Gasteiger partial charge in [-0.2, -0.15) is 5.10 Å². The Morgan fingerprint density at radius 2 is 2.05 bits per heavy atom. The van der Waals surface area contributed by atoms with Gasteiger partial charge in [-0.25, -0.2) is 0 Å². The van der Waals surface area contributed by atoms with E-state index in [1.807, 2.05) is 0 Å². The highest BCUT2D eigenvalue weighted by Crippen LogP contribution is 2.15. The normalized spacial score (nSPS) is 10.7. The first-order chi connectivity index (χ1) is 9.56. The number of carbonyl (C=O) groups excluding carboxylic acids is 2. The fourth-order valence-electron chi connectivity index (χ4n) is 1.77. The second-order valence-electron chi connectivity index (χ2n) is 4.37. The summed E-state index contributed by atoms with van der Waals surface area (Å²) >= 11 is 0. The first-order valence-corrected chi connectivity index (χ1v) is 6.14. The summed E-state index contributed by atoms with van der Waals surface area (Å²) in [6.45, 7) is 1.47. The molecule has 5 nitrogen and oxygen atoms in total. The molecule has 1 heterocycles. The fourth-order valence-corrected chi connectivity index (χ4v) is 1.77. The number of anilines is 1. The number of ketones is 1. The number of rotatable bonds is 4. The van der Waals surface area contributed by atoms with Crippen LogP contribution >= 0.6 is 0 Å². The van der Waals surface area contributed by atoms with E-state index >= 15 is 0 Å². The van der Waals surface area contributed by atoms with Gasteiger partial charge >= 0.3 is 0 Å². The van der Waals surface area contributed by atoms with Crippen LogP contribution in [-0.4, -0.2) is 21.5 Å². The van der Waals surface area contributed by atoms with E-state index in [4.69, 9.17) is 0 Å². The molecule has 2 aromatic rings. The highest BCUT2D eigenvalue weighted by atomic mass is 16.1. The maximum Gasteiger partial charge on any atom is 0.248 e. The van der Waals surface area contributed by atoms with Gasteiger partial charge < -0.3 is 5.32 Å². The van der Waals surface area contributed by atoms with Crippen LogP contribution in [0.2, 0.25) is 0 Å². The Bertz CT molecular complexity index is 671. The lowest BCUT2D eigenvalue weighted by molar-refractivity contribution is -0.111. The molecule has 0 aliphatic rings. The first kappa shape index (κ1) is 13.7. The topological polar surface area (TPSA) is 64.0 Å². The molecule has 0 bridgehead atoms. The number of amides is 1. The minimum atomic E-state index is -0.289. The molecule has 0 aliphatic carbocycles. The molecule has 102 valence electrons. The van der Waals surface area contributed by atoms with Gasteiger partial charge in [-0.15, -0.1) is 0 Å². The van der Waals surface area contributed by atoms with Crippen LogP contribution in [-0.2, 0) is 11.8 Å². The Morgan fingerprint density at radius 1 is 1.30 bits per heavy atom. The van der Waals surface area contributed by atoms with Crippen molar-refractivity contribution < 1.29 is 9.59 Å². The molecule has 1 aromatic carbocycles. The average molecular weight is 269 g/mol. The lowest BCUT2D eigenvalue weighted by Gasteiger charge is -2.06. The molecular formula is C15H15N3O2. The molecule has 20 heavy (non-hydrogen) atoms. The van der Waals surface area contributed by atoms with Gasteiger partial charge in [0.15, 0.2) is 5.78 Å². The predicted molar refractivity (Wildman–Crippen MR) is 77.3 cm³/mol. The van der Waals surface area contributed by atoms with Crippen LogP contribution in [0.5, 0.6) is 0 Å². The van der Waals surface area contributed by atoms with E-state index in [1.54, 1.807) is 54.5 Å². The molecule has 0 atom stereocenters. The SMILES string of the molecule is CC(=O)c1ccccc1NC(=O)/C=C/c1cnn(C)c1. The zero-order valence-electron chi connectivity index (χ0n) is 11.3. The van der Waals surface area contributed by atoms with Crippen LogP contribution in [0.3, 0.4) is 0 Å². The van der Waals surface area contributed by atoms with Crippen molar-refractivity contribution in [2.75, 3.05) is 5.32 Å². The van der Waals surface area contributed by atoms with Gasteiger partial charge in [0, 0.05) is 30.4 Å². The summed E-state index contributed by atoms with van der Waals surface area (Å²) in [4.78, 5) is 23.3. The van der Waals surface area contributed by atoms with Crippen LogP contribution in [0, 0.1) is 0 Å². The van der Waals surface area contributed by atoms with Gasteiger partial charge in [-0.3, -0.25) is 14.3 Å². The van der Waals surface area contributed by atoms with Crippen molar-refractivity contribution in [3.63, 3.8) is 0 Å². The van der Waals surface area contributed by atoms with E-state index < -0.39 is 0 Å². The van der Waals surface area contributed by atoms with Crippen LogP contribution in [0.4, 0.5) is 5.69 Å². The number of Topliss-reactive ketones (excluding diaryl/α,β-unsaturated/α-hetero) is 1. The van der Waals surface area contributed by atoms with Crippen LogP contribution < -0.4 is 5.32 Å². The monoisotopic (exact) mass is 269 g/mol. The molecule has 0 saturated heterocycles. The van der Waals surface area contributed by atoms with Gasteiger partial charge in [0.05, 0.1) is 11.9 Å². The van der Waals surface area contributed by atoms with Crippen molar-refractivity contribution in [2.24, 2.45) is 7.05 Å². The molecule has 2 rings (SSSR count). The number of hydrogen-bond donors (Lipinski definition) is 1. The minimum absolute atomic E-state index is 0.0860. The molecule has 1 amide bonds.